The van der Waals surface area contributed by atoms with Gasteiger partial charge in [-0.05, 0) is 25.5 Å². The van der Waals surface area contributed by atoms with Crippen LogP contribution in [0.4, 0.5) is 0 Å². The Hall–Kier alpha value is -1.03. The second-order valence-electron chi connectivity index (χ2n) is 4.80. The lowest BCUT2D eigenvalue weighted by atomic mass is 10.1. The normalized spacial score (nSPS) is 10.9. The largest absolute Gasteiger partial charge is 0.342 e. The van der Waals surface area contributed by atoms with Crippen molar-refractivity contribution in [2.24, 2.45) is 5.73 Å². The van der Waals surface area contributed by atoms with Crippen LogP contribution in [-0.4, -0.2) is 16.5 Å². The minimum atomic E-state index is 0.558. The molecule has 0 saturated carbocycles. The molecule has 0 bridgehead atoms. The van der Waals surface area contributed by atoms with E-state index in [1.54, 1.807) is 6.07 Å². The molecule has 20 heavy (non-hydrogen) atoms. The first-order valence-electron chi connectivity index (χ1n) is 6.90. The number of H-pyrrole nitrogens is 1. The van der Waals surface area contributed by atoms with Crippen molar-refractivity contribution in [2.75, 3.05) is 6.54 Å². The molecule has 0 radical (unpaired) electrons. The van der Waals surface area contributed by atoms with Crippen LogP contribution in [-0.2, 0) is 6.42 Å². The Morgan fingerprint density at radius 2 is 1.90 bits per heavy atom. The molecule has 3 N–H and O–H groups in total. The van der Waals surface area contributed by atoms with E-state index >= 15 is 0 Å². The minimum absolute atomic E-state index is 0.558. The lowest BCUT2D eigenvalue weighted by Crippen LogP contribution is -1.98. The van der Waals surface area contributed by atoms with Crippen LogP contribution in [0.1, 0.15) is 31.5 Å². The predicted molar refractivity (Wildman–Crippen MR) is 85.3 cm³/mol. The molecule has 1 aromatic carbocycles. The van der Waals surface area contributed by atoms with Crippen molar-refractivity contribution in [1.82, 2.24) is 9.97 Å². The number of imidazole rings is 1. The predicted octanol–water partition coefficient (Wildman–Crippen LogP) is 4.45. The molecule has 0 saturated heterocycles. The number of unbranched alkanes of at least 4 members (excludes halogenated alkanes) is 3. The Balaban J connectivity index is 1.97. The number of halogens is 2. The second-order valence-corrected chi connectivity index (χ2v) is 5.58. The van der Waals surface area contributed by atoms with Gasteiger partial charge in [-0.2, -0.15) is 0 Å². The lowest BCUT2D eigenvalue weighted by molar-refractivity contribution is 0.638. The van der Waals surface area contributed by atoms with E-state index in [-0.39, 0.29) is 0 Å². The van der Waals surface area contributed by atoms with Gasteiger partial charge in [0, 0.05) is 12.0 Å². The van der Waals surface area contributed by atoms with E-state index in [9.17, 15) is 0 Å². The number of aromatic amines is 1. The summed E-state index contributed by atoms with van der Waals surface area (Å²) in [7, 11) is 0. The third kappa shape index (κ3) is 3.98. The first-order valence-corrected chi connectivity index (χ1v) is 7.66. The van der Waals surface area contributed by atoms with Crippen molar-refractivity contribution in [2.45, 2.75) is 32.1 Å². The van der Waals surface area contributed by atoms with Gasteiger partial charge in [0.25, 0.3) is 0 Å². The van der Waals surface area contributed by atoms with E-state index in [1.165, 1.54) is 12.8 Å². The van der Waals surface area contributed by atoms with Gasteiger partial charge >= 0.3 is 0 Å². The Labute approximate surface area is 129 Å². The van der Waals surface area contributed by atoms with E-state index in [2.05, 4.69) is 9.97 Å². The van der Waals surface area contributed by atoms with Crippen LogP contribution in [0.2, 0.25) is 10.0 Å². The maximum Gasteiger partial charge on any atom is 0.106 e. The summed E-state index contributed by atoms with van der Waals surface area (Å²) in [6.07, 6.45) is 7.35. The van der Waals surface area contributed by atoms with Crippen molar-refractivity contribution in [3.63, 3.8) is 0 Å². The molecule has 0 aliphatic carbocycles. The fraction of sp³-hybridized carbons (Fsp3) is 0.400. The number of nitrogens with two attached hydrogens (primary N) is 1. The van der Waals surface area contributed by atoms with Gasteiger partial charge in [-0.15, -0.1) is 0 Å². The van der Waals surface area contributed by atoms with Crippen LogP contribution in [0.5, 0.6) is 0 Å². The Kier molecular flexibility index (Phi) is 5.89. The molecule has 0 amide bonds. The molecular formula is C15H19Cl2N3. The van der Waals surface area contributed by atoms with Gasteiger partial charge in [-0.1, -0.05) is 48.2 Å². The number of nitrogens with zero attached hydrogens (tertiary/aromatic N) is 1. The Bertz CT molecular complexity index is 552. The van der Waals surface area contributed by atoms with Gasteiger partial charge in [0.1, 0.15) is 5.82 Å². The molecule has 1 aromatic heterocycles. The topological polar surface area (TPSA) is 54.7 Å². The third-order valence-electron chi connectivity index (χ3n) is 3.24. The molecule has 2 rings (SSSR count). The number of nitrogens with one attached hydrogen (secondary N) is 1. The molecule has 0 atom stereocenters. The third-order valence-corrected chi connectivity index (χ3v) is 4.06. The number of hydrogen-bond acceptors (Lipinski definition) is 2. The average molecular weight is 312 g/mol. The molecule has 0 fully saturated rings. The second kappa shape index (κ2) is 7.67. The summed E-state index contributed by atoms with van der Waals surface area (Å²) >= 11 is 12.2. The highest BCUT2D eigenvalue weighted by Crippen LogP contribution is 2.32. The molecule has 5 heteroatoms. The van der Waals surface area contributed by atoms with Gasteiger partial charge in [-0.3, -0.25) is 0 Å². The zero-order chi connectivity index (χ0) is 14.4. The molecule has 1 heterocycles. The number of aromatic nitrogens is 2. The Morgan fingerprint density at radius 3 is 2.70 bits per heavy atom. The fourth-order valence-electron chi connectivity index (χ4n) is 2.13. The molecule has 0 aliphatic heterocycles. The maximum absolute atomic E-state index is 6.21. The molecule has 3 nitrogen and oxygen atoms in total. The Morgan fingerprint density at radius 1 is 1.10 bits per heavy atom. The monoisotopic (exact) mass is 311 g/mol. The first-order chi connectivity index (χ1) is 9.72. The smallest absolute Gasteiger partial charge is 0.106 e. The summed E-state index contributed by atoms with van der Waals surface area (Å²) in [5, 5.41) is 1.12. The molecular weight excluding hydrogens is 293 g/mol. The van der Waals surface area contributed by atoms with E-state index in [0.717, 1.165) is 42.9 Å². The van der Waals surface area contributed by atoms with Gasteiger partial charge in [0.15, 0.2) is 0 Å². The number of rotatable bonds is 7. The zero-order valence-electron chi connectivity index (χ0n) is 11.3. The summed E-state index contributed by atoms with van der Waals surface area (Å²) in [6.45, 7) is 0.776. The summed E-state index contributed by atoms with van der Waals surface area (Å²) < 4.78 is 0. The van der Waals surface area contributed by atoms with Crippen molar-refractivity contribution in [3.8, 4) is 11.3 Å². The summed E-state index contributed by atoms with van der Waals surface area (Å²) in [6, 6.07) is 5.60. The van der Waals surface area contributed by atoms with Crippen molar-refractivity contribution in [3.05, 3.63) is 40.3 Å². The van der Waals surface area contributed by atoms with Crippen LogP contribution in [0.15, 0.2) is 24.4 Å². The van der Waals surface area contributed by atoms with Crippen LogP contribution in [0, 0.1) is 0 Å². The maximum atomic E-state index is 6.21. The van der Waals surface area contributed by atoms with Crippen LogP contribution in [0.25, 0.3) is 11.3 Å². The highest BCUT2D eigenvalue weighted by molar-refractivity contribution is 6.43. The number of aryl methyl sites for hydroxylation is 1. The highest BCUT2D eigenvalue weighted by atomic mass is 35.5. The van der Waals surface area contributed by atoms with E-state index in [0.29, 0.717) is 10.0 Å². The molecule has 0 spiro atoms. The number of benzene rings is 1. The van der Waals surface area contributed by atoms with Gasteiger partial charge in [0.05, 0.1) is 21.9 Å². The average Bonchev–Trinajstić information content (AvgIpc) is 2.90. The number of hydrogen-bond donors (Lipinski definition) is 2. The van der Waals surface area contributed by atoms with Gasteiger partial charge in [-0.25, -0.2) is 4.98 Å². The minimum Gasteiger partial charge on any atom is -0.342 e. The summed E-state index contributed by atoms with van der Waals surface area (Å²) in [5.74, 6) is 0.990. The van der Waals surface area contributed by atoms with Crippen molar-refractivity contribution < 1.29 is 0 Å². The molecule has 2 aromatic rings. The van der Waals surface area contributed by atoms with Crippen molar-refractivity contribution in [1.29, 1.82) is 0 Å². The first kappa shape index (κ1) is 15.4. The standard InChI is InChI=1S/C15H19Cl2N3/c16-12-7-5-6-11(15(12)17)13-10-19-14(20-13)8-3-1-2-4-9-18/h5-7,10H,1-4,8-9,18H2,(H,19,20). The quantitative estimate of drug-likeness (QED) is 0.742. The van der Waals surface area contributed by atoms with Crippen LogP contribution >= 0.6 is 23.2 Å². The SMILES string of the molecule is NCCCCCCc1ncc(-c2cccc(Cl)c2Cl)[nH]1. The zero-order valence-corrected chi connectivity index (χ0v) is 12.8. The van der Waals surface area contributed by atoms with Gasteiger partial charge in [0.2, 0.25) is 0 Å². The highest BCUT2D eigenvalue weighted by Gasteiger charge is 2.09. The van der Waals surface area contributed by atoms with Crippen LogP contribution < -0.4 is 5.73 Å². The summed E-state index contributed by atoms with van der Waals surface area (Å²) in [5.41, 5.74) is 7.28. The van der Waals surface area contributed by atoms with Crippen LogP contribution in [0.3, 0.4) is 0 Å². The summed E-state index contributed by atoms with van der Waals surface area (Å²) in [4.78, 5) is 7.71. The van der Waals surface area contributed by atoms with E-state index in [4.69, 9.17) is 28.9 Å². The lowest BCUT2D eigenvalue weighted by Gasteiger charge is -2.03. The van der Waals surface area contributed by atoms with E-state index < -0.39 is 0 Å². The van der Waals surface area contributed by atoms with Gasteiger partial charge < -0.3 is 10.7 Å². The van der Waals surface area contributed by atoms with Crippen molar-refractivity contribution >= 4 is 23.2 Å². The van der Waals surface area contributed by atoms with E-state index in [1.807, 2.05) is 18.3 Å². The molecule has 0 aliphatic rings. The molecule has 0 unspecified atom stereocenters. The molecule has 108 valence electrons. The fourth-order valence-corrected chi connectivity index (χ4v) is 2.53.